The van der Waals surface area contributed by atoms with Gasteiger partial charge in [0.1, 0.15) is 5.82 Å². The Morgan fingerprint density at radius 1 is 1.31 bits per heavy atom. The van der Waals surface area contributed by atoms with Gasteiger partial charge >= 0.3 is 5.97 Å². The van der Waals surface area contributed by atoms with Crippen LogP contribution < -0.4 is 5.32 Å². The summed E-state index contributed by atoms with van der Waals surface area (Å²) in [6, 6.07) is 3.21. The molecule has 3 atom stereocenters. The predicted molar refractivity (Wildman–Crippen MR) is 95.5 cm³/mol. The second-order valence-corrected chi connectivity index (χ2v) is 8.80. The van der Waals surface area contributed by atoms with Crippen molar-refractivity contribution in [1.82, 2.24) is 4.98 Å². The number of aliphatic hydroxyl groups is 1. The van der Waals surface area contributed by atoms with Gasteiger partial charge in [-0.2, -0.15) is 0 Å². The molecule has 0 unspecified atom stereocenters. The van der Waals surface area contributed by atoms with E-state index in [-0.39, 0.29) is 5.97 Å². The molecule has 140 valence electrons. The number of pyridine rings is 1. The Kier molecular flexibility index (Phi) is 4.23. The third-order valence-electron chi connectivity index (χ3n) is 6.09. The normalized spacial score (nSPS) is 35.8. The Hall–Kier alpha value is -1.66. The zero-order chi connectivity index (χ0) is 18.5. The molecule has 5 rings (SSSR count). The highest BCUT2D eigenvalue weighted by Gasteiger charge is 2.61. The number of aromatic nitrogens is 1. The lowest BCUT2D eigenvalue weighted by atomic mass is 9.48. The van der Waals surface area contributed by atoms with Crippen LogP contribution in [0.15, 0.2) is 18.3 Å². The van der Waals surface area contributed by atoms with Gasteiger partial charge in [-0.25, -0.2) is 4.98 Å². The quantitative estimate of drug-likeness (QED) is 0.786. The molecule has 1 aromatic rings. The van der Waals surface area contributed by atoms with Crippen molar-refractivity contribution in [2.24, 2.45) is 17.3 Å². The Bertz CT molecular complexity index is 722. The predicted octanol–water partition coefficient (Wildman–Crippen LogP) is 2.94. The van der Waals surface area contributed by atoms with Gasteiger partial charge in [0.25, 0.3) is 5.91 Å². The molecule has 1 amide bonds. The number of nitrogens with zero attached hydrogens (tertiary/aromatic N) is 1. The van der Waals surface area contributed by atoms with Crippen molar-refractivity contribution in [3.05, 3.63) is 23.4 Å². The van der Waals surface area contributed by atoms with Crippen LogP contribution in [-0.2, 0) is 14.3 Å². The third kappa shape index (κ3) is 3.21. The number of hydrogen-bond donors (Lipinski definition) is 2. The second kappa shape index (κ2) is 6.20. The number of ether oxygens (including phenoxy) is 1. The first-order valence-corrected chi connectivity index (χ1v) is 9.51. The monoisotopic (exact) mass is 378 g/mol. The van der Waals surface area contributed by atoms with Gasteiger partial charge in [-0.05, 0) is 69.4 Å². The van der Waals surface area contributed by atoms with E-state index in [0.29, 0.717) is 29.1 Å². The van der Waals surface area contributed by atoms with Crippen molar-refractivity contribution in [1.29, 1.82) is 0 Å². The van der Waals surface area contributed by atoms with E-state index in [4.69, 9.17) is 16.3 Å². The molecule has 4 aliphatic rings. The first kappa shape index (κ1) is 17.7. The van der Waals surface area contributed by atoms with Crippen molar-refractivity contribution in [3.63, 3.8) is 0 Å². The fourth-order valence-electron chi connectivity index (χ4n) is 5.47. The van der Waals surface area contributed by atoms with Crippen LogP contribution in [-0.4, -0.2) is 33.7 Å². The van der Waals surface area contributed by atoms with Gasteiger partial charge < -0.3 is 15.2 Å². The molecule has 7 heteroatoms. The highest BCUT2D eigenvalue weighted by atomic mass is 35.5. The number of nitrogens with one attached hydrogen (secondary N) is 1. The van der Waals surface area contributed by atoms with Gasteiger partial charge in [0.05, 0.1) is 16.0 Å². The minimum Gasteiger partial charge on any atom is -0.452 e. The van der Waals surface area contributed by atoms with E-state index in [1.807, 2.05) is 0 Å². The Morgan fingerprint density at radius 2 is 2.00 bits per heavy atom. The summed E-state index contributed by atoms with van der Waals surface area (Å²) in [5, 5.41) is 13.9. The molecule has 0 aromatic carbocycles. The lowest BCUT2D eigenvalue weighted by Crippen LogP contribution is -2.59. The number of amides is 1. The maximum atomic E-state index is 12.9. The van der Waals surface area contributed by atoms with Crippen LogP contribution in [0.5, 0.6) is 0 Å². The van der Waals surface area contributed by atoms with Crippen LogP contribution in [0.2, 0.25) is 5.02 Å². The molecule has 26 heavy (non-hydrogen) atoms. The van der Waals surface area contributed by atoms with Gasteiger partial charge in [0, 0.05) is 6.20 Å². The van der Waals surface area contributed by atoms with Crippen molar-refractivity contribution in [2.45, 2.75) is 57.2 Å². The van der Waals surface area contributed by atoms with E-state index in [9.17, 15) is 14.7 Å². The van der Waals surface area contributed by atoms with E-state index in [1.54, 1.807) is 19.1 Å². The highest BCUT2D eigenvalue weighted by Crippen LogP contribution is 2.62. The molecule has 6 nitrogen and oxygen atoms in total. The SMILES string of the molecule is C[C@H](OC(=O)C12C[C@H]3C[C@@H](CC(O)(C3)C1)C2)C(=O)Nc1ccc(Cl)cn1. The van der Waals surface area contributed by atoms with Gasteiger partial charge in [0.2, 0.25) is 0 Å². The molecule has 4 fully saturated rings. The van der Waals surface area contributed by atoms with Crippen LogP contribution in [0.3, 0.4) is 0 Å². The van der Waals surface area contributed by atoms with Crippen LogP contribution in [0.25, 0.3) is 0 Å². The van der Waals surface area contributed by atoms with Crippen molar-refractivity contribution in [3.8, 4) is 0 Å². The second-order valence-electron chi connectivity index (χ2n) is 8.36. The minimum atomic E-state index is -0.928. The largest absolute Gasteiger partial charge is 0.452 e. The molecule has 0 spiro atoms. The molecule has 1 heterocycles. The Morgan fingerprint density at radius 3 is 2.58 bits per heavy atom. The van der Waals surface area contributed by atoms with Crippen molar-refractivity contribution in [2.75, 3.05) is 5.32 Å². The lowest BCUT2D eigenvalue weighted by Gasteiger charge is -2.58. The van der Waals surface area contributed by atoms with Crippen LogP contribution in [0, 0.1) is 17.3 Å². The summed E-state index contributed by atoms with van der Waals surface area (Å²) >= 11 is 5.78. The first-order chi connectivity index (χ1) is 12.3. The third-order valence-corrected chi connectivity index (χ3v) is 6.32. The average Bonchev–Trinajstić information content (AvgIpc) is 2.54. The van der Waals surface area contributed by atoms with Gasteiger partial charge in [-0.3, -0.25) is 9.59 Å². The van der Waals surface area contributed by atoms with E-state index in [2.05, 4.69) is 10.3 Å². The van der Waals surface area contributed by atoms with Gasteiger partial charge in [-0.1, -0.05) is 11.6 Å². The molecule has 0 saturated heterocycles. The molecule has 1 aromatic heterocycles. The zero-order valence-corrected chi connectivity index (χ0v) is 15.5. The van der Waals surface area contributed by atoms with Gasteiger partial charge in [0.15, 0.2) is 6.10 Å². The van der Waals surface area contributed by atoms with E-state index < -0.39 is 23.0 Å². The molecule has 2 N–H and O–H groups in total. The summed E-state index contributed by atoms with van der Waals surface area (Å²) < 4.78 is 5.52. The molecule has 0 radical (unpaired) electrons. The summed E-state index contributed by atoms with van der Waals surface area (Å²) in [6.45, 7) is 1.55. The number of hydrogen-bond acceptors (Lipinski definition) is 5. The highest BCUT2D eigenvalue weighted by molar-refractivity contribution is 6.30. The summed E-state index contributed by atoms with van der Waals surface area (Å²) in [4.78, 5) is 29.2. The molecular formula is C19H23ClN2O4. The topological polar surface area (TPSA) is 88.5 Å². The molecular weight excluding hydrogens is 356 g/mol. The van der Waals surface area contributed by atoms with Crippen LogP contribution in [0.4, 0.5) is 5.82 Å². The summed E-state index contributed by atoms with van der Waals surface area (Å²) in [6.07, 6.45) is 5.16. The number of carbonyl (C=O) groups excluding carboxylic acids is 2. The average molecular weight is 379 g/mol. The molecule has 4 bridgehead atoms. The summed E-state index contributed by atoms with van der Waals surface area (Å²) in [5.74, 6) is 0.340. The van der Waals surface area contributed by atoms with Crippen LogP contribution >= 0.6 is 11.6 Å². The lowest BCUT2D eigenvalue weighted by molar-refractivity contribution is -0.199. The van der Waals surface area contributed by atoms with E-state index in [1.165, 1.54) is 6.20 Å². The zero-order valence-electron chi connectivity index (χ0n) is 14.7. The van der Waals surface area contributed by atoms with Gasteiger partial charge in [-0.15, -0.1) is 0 Å². The Balaban J connectivity index is 1.41. The summed E-state index contributed by atoms with van der Waals surface area (Å²) in [5.41, 5.74) is -1.37. The molecule has 4 aliphatic carbocycles. The number of halogens is 1. The minimum absolute atomic E-state index is 0.350. The van der Waals surface area contributed by atoms with Crippen LogP contribution in [0.1, 0.15) is 45.4 Å². The fourth-order valence-corrected chi connectivity index (χ4v) is 5.58. The van der Waals surface area contributed by atoms with E-state index in [0.717, 1.165) is 32.1 Å². The molecule has 0 aliphatic heterocycles. The number of anilines is 1. The number of rotatable bonds is 4. The maximum Gasteiger partial charge on any atom is 0.312 e. The standard InChI is InChI=1S/C19H23ClN2O4/c1-11(16(23)22-15-3-2-14(20)9-21-15)26-17(24)18-5-12-4-13(6-18)8-19(25,7-12)10-18/h2-3,9,11-13,25H,4-8,10H2,1H3,(H,21,22,23)/t11-,12+,13+,18?,19?/m0/s1. The Labute approximate surface area is 157 Å². The summed E-state index contributed by atoms with van der Waals surface area (Å²) in [7, 11) is 0. The van der Waals surface area contributed by atoms with Crippen molar-refractivity contribution < 1.29 is 19.4 Å². The number of esters is 1. The number of carbonyl (C=O) groups is 2. The fraction of sp³-hybridized carbons (Fsp3) is 0.632. The molecule has 4 saturated carbocycles. The smallest absolute Gasteiger partial charge is 0.312 e. The maximum absolute atomic E-state index is 12.9. The first-order valence-electron chi connectivity index (χ1n) is 9.13. The van der Waals surface area contributed by atoms with E-state index >= 15 is 0 Å². The van der Waals surface area contributed by atoms with Crippen molar-refractivity contribution >= 4 is 29.3 Å².